The van der Waals surface area contributed by atoms with E-state index in [1.807, 2.05) is 0 Å². The second kappa shape index (κ2) is 4.42. The topological polar surface area (TPSA) is 55.1 Å². The molecular weight excluding hydrogens is 202 g/mol. The van der Waals surface area contributed by atoms with Crippen LogP contribution >= 0.6 is 0 Å². The number of terminal acetylenes is 1. The van der Waals surface area contributed by atoms with E-state index in [-0.39, 0.29) is 12.2 Å². The van der Waals surface area contributed by atoms with Gasteiger partial charge in [-0.1, -0.05) is 5.92 Å². The minimum absolute atomic E-state index is 0.0280. The first-order chi connectivity index (χ1) is 7.06. The zero-order valence-electron chi connectivity index (χ0n) is 7.68. The van der Waals surface area contributed by atoms with E-state index in [2.05, 4.69) is 11.2 Å². The summed E-state index contributed by atoms with van der Waals surface area (Å²) in [6, 6.07) is 1.84. The van der Waals surface area contributed by atoms with Gasteiger partial charge < -0.3 is 11.1 Å². The van der Waals surface area contributed by atoms with Crippen LogP contribution in [0.2, 0.25) is 0 Å². The molecule has 0 saturated heterocycles. The van der Waals surface area contributed by atoms with Gasteiger partial charge in [0.15, 0.2) is 11.6 Å². The summed E-state index contributed by atoms with van der Waals surface area (Å²) in [5.41, 5.74) is 4.78. The number of amides is 1. The molecule has 0 atom stereocenters. The number of nitrogens with one attached hydrogen (secondary N) is 1. The van der Waals surface area contributed by atoms with E-state index < -0.39 is 23.1 Å². The van der Waals surface area contributed by atoms with Gasteiger partial charge in [-0.15, -0.1) is 6.42 Å². The molecule has 1 amide bonds. The predicted octanol–water partition coefficient (Wildman–Crippen LogP) is 0.910. The van der Waals surface area contributed by atoms with Crippen LogP contribution in [0.25, 0.3) is 0 Å². The average molecular weight is 210 g/mol. The summed E-state index contributed by atoms with van der Waals surface area (Å²) in [6.07, 6.45) is 4.90. The van der Waals surface area contributed by atoms with Crippen molar-refractivity contribution in [3.63, 3.8) is 0 Å². The van der Waals surface area contributed by atoms with Crippen LogP contribution in [0.1, 0.15) is 10.4 Å². The number of rotatable bonds is 2. The third kappa shape index (κ3) is 2.44. The van der Waals surface area contributed by atoms with Gasteiger partial charge in [-0.05, 0) is 12.1 Å². The van der Waals surface area contributed by atoms with Gasteiger partial charge >= 0.3 is 0 Å². The van der Waals surface area contributed by atoms with Crippen molar-refractivity contribution >= 4 is 11.6 Å². The molecule has 0 fully saturated rings. The van der Waals surface area contributed by atoms with E-state index in [1.165, 1.54) is 0 Å². The SMILES string of the molecule is C#CCNC(=O)c1cc(N)cc(F)c1F. The third-order valence-electron chi connectivity index (χ3n) is 1.65. The second-order valence-corrected chi connectivity index (χ2v) is 2.75. The van der Waals surface area contributed by atoms with Crippen LogP contribution in [-0.4, -0.2) is 12.5 Å². The average Bonchev–Trinajstić information content (AvgIpc) is 2.19. The summed E-state index contributed by atoms with van der Waals surface area (Å²) in [5, 5.41) is 2.21. The Balaban J connectivity index is 3.04. The molecule has 1 aromatic carbocycles. The van der Waals surface area contributed by atoms with Gasteiger partial charge in [0.25, 0.3) is 5.91 Å². The molecule has 0 spiro atoms. The fourth-order valence-corrected chi connectivity index (χ4v) is 1.00. The molecular formula is C10H8F2N2O. The minimum atomic E-state index is -1.24. The fraction of sp³-hybridized carbons (Fsp3) is 0.100. The number of carbonyl (C=O) groups excluding carboxylic acids is 1. The molecule has 0 unspecified atom stereocenters. The molecule has 0 aliphatic carbocycles. The highest BCUT2D eigenvalue weighted by molar-refractivity contribution is 5.95. The number of halogens is 2. The van der Waals surface area contributed by atoms with Crippen molar-refractivity contribution in [2.75, 3.05) is 12.3 Å². The van der Waals surface area contributed by atoms with Crippen molar-refractivity contribution in [1.82, 2.24) is 5.32 Å². The molecule has 0 heterocycles. The van der Waals surface area contributed by atoms with Gasteiger partial charge in [0.2, 0.25) is 0 Å². The lowest BCUT2D eigenvalue weighted by Crippen LogP contribution is -2.25. The highest BCUT2D eigenvalue weighted by atomic mass is 19.2. The molecule has 0 aliphatic rings. The van der Waals surface area contributed by atoms with Crippen molar-refractivity contribution in [3.8, 4) is 12.3 Å². The van der Waals surface area contributed by atoms with Gasteiger partial charge in [-0.2, -0.15) is 0 Å². The second-order valence-electron chi connectivity index (χ2n) is 2.75. The maximum absolute atomic E-state index is 13.1. The lowest BCUT2D eigenvalue weighted by Gasteiger charge is -2.05. The molecule has 0 saturated carbocycles. The third-order valence-corrected chi connectivity index (χ3v) is 1.65. The lowest BCUT2D eigenvalue weighted by molar-refractivity contribution is 0.0953. The van der Waals surface area contributed by atoms with Crippen LogP contribution < -0.4 is 11.1 Å². The predicted molar refractivity (Wildman–Crippen MR) is 51.9 cm³/mol. The van der Waals surface area contributed by atoms with Crippen molar-refractivity contribution in [1.29, 1.82) is 0 Å². The fourth-order valence-electron chi connectivity index (χ4n) is 1.00. The van der Waals surface area contributed by atoms with Crippen LogP contribution in [0.15, 0.2) is 12.1 Å². The first kappa shape index (κ1) is 11.0. The zero-order chi connectivity index (χ0) is 11.4. The van der Waals surface area contributed by atoms with E-state index in [9.17, 15) is 13.6 Å². The number of anilines is 1. The lowest BCUT2D eigenvalue weighted by atomic mass is 10.1. The Bertz CT molecular complexity index is 438. The summed E-state index contributed by atoms with van der Waals surface area (Å²) >= 11 is 0. The number of benzene rings is 1. The number of nitrogens with two attached hydrogens (primary N) is 1. The highest BCUT2D eigenvalue weighted by Crippen LogP contribution is 2.16. The van der Waals surface area contributed by atoms with Crippen LogP contribution in [0.3, 0.4) is 0 Å². The maximum Gasteiger partial charge on any atom is 0.255 e. The van der Waals surface area contributed by atoms with Gasteiger partial charge in [-0.3, -0.25) is 4.79 Å². The van der Waals surface area contributed by atoms with Crippen molar-refractivity contribution in [3.05, 3.63) is 29.3 Å². The molecule has 5 heteroatoms. The summed E-state index contributed by atoms with van der Waals surface area (Å²) in [4.78, 5) is 11.3. The van der Waals surface area contributed by atoms with Crippen LogP contribution in [0.4, 0.5) is 14.5 Å². The monoisotopic (exact) mass is 210 g/mol. The van der Waals surface area contributed by atoms with Gasteiger partial charge in [0.1, 0.15) is 0 Å². The number of hydrogen-bond acceptors (Lipinski definition) is 2. The summed E-state index contributed by atoms with van der Waals surface area (Å²) in [7, 11) is 0. The van der Waals surface area contributed by atoms with Crippen molar-refractivity contribution in [2.45, 2.75) is 0 Å². The van der Waals surface area contributed by atoms with Crippen molar-refractivity contribution < 1.29 is 13.6 Å². The Morgan fingerprint density at radius 1 is 1.53 bits per heavy atom. The first-order valence-electron chi connectivity index (χ1n) is 4.02. The molecule has 3 nitrogen and oxygen atoms in total. The number of carbonyl (C=O) groups is 1. The highest BCUT2D eigenvalue weighted by Gasteiger charge is 2.15. The molecule has 15 heavy (non-hydrogen) atoms. The molecule has 0 bridgehead atoms. The molecule has 78 valence electrons. The summed E-state index contributed by atoms with van der Waals surface area (Å²) in [5.74, 6) is -1.06. The van der Waals surface area contributed by atoms with Gasteiger partial charge in [0, 0.05) is 5.69 Å². The van der Waals surface area contributed by atoms with Crippen molar-refractivity contribution in [2.24, 2.45) is 0 Å². The Kier molecular flexibility index (Phi) is 3.24. The van der Waals surface area contributed by atoms with Gasteiger partial charge in [-0.25, -0.2) is 8.78 Å². The first-order valence-corrected chi connectivity index (χ1v) is 4.02. The maximum atomic E-state index is 13.1. The Hall–Kier alpha value is -2.09. The van der Waals surface area contributed by atoms with E-state index in [4.69, 9.17) is 12.2 Å². The summed E-state index contributed by atoms with van der Waals surface area (Å²) < 4.78 is 26.0. The Morgan fingerprint density at radius 2 is 2.20 bits per heavy atom. The zero-order valence-corrected chi connectivity index (χ0v) is 7.68. The van der Waals surface area contributed by atoms with E-state index in [0.29, 0.717) is 0 Å². The van der Waals surface area contributed by atoms with Crippen LogP contribution in [0, 0.1) is 24.0 Å². The quantitative estimate of drug-likeness (QED) is 0.563. The number of hydrogen-bond donors (Lipinski definition) is 2. The molecule has 1 aromatic rings. The van der Waals surface area contributed by atoms with E-state index >= 15 is 0 Å². The number of nitrogen functional groups attached to an aromatic ring is 1. The minimum Gasteiger partial charge on any atom is -0.399 e. The van der Waals surface area contributed by atoms with Crippen LogP contribution in [-0.2, 0) is 0 Å². The Labute approximate surface area is 85.3 Å². The molecule has 3 N–H and O–H groups in total. The molecule has 0 aliphatic heterocycles. The van der Waals surface area contributed by atoms with E-state index in [1.54, 1.807) is 0 Å². The van der Waals surface area contributed by atoms with Gasteiger partial charge in [0.05, 0.1) is 12.1 Å². The molecule has 0 radical (unpaired) electrons. The Morgan fingerprint density at radius 3 is 2.80 bits per heavy atom. The standard InChI is InChI=1S/C10H8F2N2O/c1-2-3-14-10(15)7-4-6(13)5-8(11)9(7)12/h1,4-5H,3,13H2,(H,14,15). The molecule has 0 aromatic heterocycles. The largest absolute Gasteiger partial charge is 0.399 e. The summed E-state index contributed by atoms with van der Waals surface area (Å²) in [6.45, 7) is -0.0608. The van der Waals surface area contributed by atoms with Crippen LogP contribution in [0.5, 0.6) is 0 Å². The van der Waals surface area contributed by atoms with E-state index in [0.717, 1.165) is 12.1 Å². The molecule has 1 rings (SSSR count). The normalized spacial score (nSPS) is 9.40. The smallest absolute Gasteiger partial charge is 0.255 e.